The van der Waals surface area contributed by atoms with Gasteiger partial charge in [0.1, 0.15) is 12.3 Å². The second-order valence-electron chi connectivity index (χ2n) is 6.06. The first kappa shape index (κ1) is 20.8. The highest BCUT2D eigenvalue weighted by Gasteiger charge is 2.34. The average molecular weight is 350 g/mol. The summed E-state index contributed by atoms with van der Waals surface area (Å²) in [7, 11) is 0. The van der Waals surface area contributed by atoms with E-state index in [9.17, 15) is 9.59 Å². The summed E-state index contributed by atoms with van der Waals surface area (Å²) < 4.78 is 1.39. The number of nitrogens with one attached hydrogen (secondary N) is 1. The van der Waals surface area contributed by atoms with Crippen LogP contribution >= 0.6 is 0 Å². The molecule has 0 spiro atoms. The molecule has 0 bridgehead atoms. The van der Waals surface area contributed by atoms with Crippen LogP contribution in [0.5, 0.6) is 0 Å². The van der Waals surface area contributed by atoms with Crippen LogP contribution in [0.4, 0.5) is 0 Å². The van der Waals surface area contributed by atoms with Crippen LogP contribution in [0.2, 0.25) is 0 Å². The van der Waals surface area contributed by atoms with E-state index in [1.165, 1.54) is 17.7 Å². The Morgan fingerprint density at radius 3 is 2.27 bits per heavy atom. The van der Waals surface area contributed by atoms with Gasteiger partial charge in [0.05, 0.1) is 17.1 Å². The van der Waals surface area contributed by atoms with Gasteiger partial charge in [-0.25, -0.2) is 4.99 Å². The minimum Gasteiger partial charge on any atom is -0.303 e. The quantitative estimate of drug-likeness (QED) is 0.343. The number of ketones is 2. The number of Topliss-reactive ketones (excluding diaryl/α,β-unsaturated/α-hetero) is 2. The molecule has 0 aliphatic heterocycles. The molecule has 0 fully saturated rings. The molecule has 1 aliphatic rings. The summed E-state index contributed by atoms with van der Waals surface area (Å²) in [5, 5.41) is 7.68. The van der Waals surface area contributed by atoms with Gasteiger partial charge in [0.15, 0.2) is 12.0 Å². The first-order valence-corrected chi connectivity index (χ1v) is 7.92. The normalized spacial score (nSPS) is 17.7. The largest absolute Gasteiger partial charge is 0.303 e. The van der Waals surface area contributed by atoms with Crippen molar-refractivity contribution in [2.24, 2.45) is 4.99 Å². The molecule has 0 aromatic rings. The summed E-state index contributed by atoms with van der Waals surface area (Å²) in [5.74, 6) is -0.863. The molecular formula is C21H24N3O2+. The van der Waals surface area contributed by atoms with Gasteiger partial charge < -0.3 is 5.41 Å². The zero-order valence-corrected chi connectivity index (χ0v) is 15.8. The molecule has 1 aliphatic carbocycles. The molecule has 1 rings (SSSR count). The Labute approximate surface area is 154 Å². The van der Waals surface area contributed by atoms with Crippen molar-refractivity contribution in [2.75, 3.05) is 0 Å². The number of allylic oxidation sites excluding steroid dienone is 7. The van der Waals surface area contributed by atoms with Crippen LogP contribution in [0.15, 0.2) is 76.8 Å². The lowest BCUT2D eigenvalue weighted by molar-refractivity contribution is -0.386. The summed E-state index contributed by atoms with van der Waals surface area (Å²) in [6.07, 6.45) is 4.67. The molecule has 0 saturated carbocycles. The molecule has 5 heteroatoms. The number of carbonyl (C=O) groups is 2. The highest BCUT2D eigenvalue weighted by Crippen LogP contribution is 2.27. The van der Waals surface area contributed by atoms with Gasteiger partial charge in [0, 0.05) is 11.1 Å². The van der Waals surface area contributed by atoms with Crippen molar-refractivity contribution in [1.82, 2.24) is 0 Å². The number of hydrogen-bond donors (Lipinski definition) is 1. The van der Waals surface area contributed by atoms with Crippen LogP contribution < -0.4 is 0 Å². The van der Waals surface area contributed by atoms with Crippen LogP contribution in [0.25, 0.3) is 0 Å². The van der Waals surface area contributed by atoms with E-state index < -0.39 is 5.78 Å². The Balaban J connectivity index is 3.93. The SMILES string of the molecule is C=C[N+](=C)C1=C(C(C)=O)C(=O)C(=CC(=C)C)C(=NC(=C)C(C)=N)C=C1C. The van der Waals surface area contributed by atoms with Crippen molar-refractivity contribution < 1.29 is 14.2 Å². The fraction of sp³-hybridized carbons (Fsp3) is 0.190. The topological polar surface area (TPSA) is 73.4 Å². The van der Waals surface area contributed by atoms with E-state index in [0.29, 0.717) is 22.6 Å². The Hall–Kier alpha value is -3.21. The van der Waals surface area contributed by atoms with E-state index in [4.69, 9.17) is 5.41 Å². The highest BCUT2D eigenvalue weighted by molar-refractivity contribution is 6.39. The van der Waals surface area contributed by atoms with Crippen molar-refractivity contribution in [3.63, 3.8) is 0 Å². The maximum absolute atomic E-state index is 13.2. The van der Waals surface area contributed by atoms with E-state index >= 15 is 0 Å². The van der Waals surface area contributed by atoms with Gasteiger partial charge in [-0.3, -0.25) is 9.59 Å². The van der Waals surface area contributed by atoms with Crippen molar-refractivity contribution in [2.45, 2.75) is 27.7 Å². The summed E-state index contributed by atoms with van der Waals surface area (Å²) in [6.45, 7) is 21.4. The third-order valence-electron chi connectivity index (χ3n) is 3.65. The van der Waals surface area contributed by atoms with E-state index in [0.717, 1.165) is 0 Å². The van der Waals surface area contributed by atoms with Crippen molar-refractivity contribution in [3.8, 4) is 0 Å². The number of aliphatic imine (C=N–C) groups is 1. The van der Waals surface area contributed by atoms with Gasteiger partial charge in [-0.1, -0.05) is 18.7 Å². The summed E-state index contributed by atoms with van der Waals surface area (Å²) >= 11 is 0. The standard InChI is InChI=1S/C21H24N3O2/c1-9-24(8)20-13(4)11-18(23-15(6)14(5)22)17(10-12(2)3)21(26)19(20)16(7)25/h9-11,22H,1-2,6,8H2,3-5,7H3/q+1. The van der Waals surface area contributed by atoms with Gasteiger partial charge in [-0.2, -0.15) is 4.58 Å². The van der Waals surface area contributed by atoms with Crippen LogP contribution in [-0.2, 0) is 9.59 Å². The average Bonchev–Trinajstić information content (AvgIpc) is 2.63. The lowest BCUT2D eigenvalue weighted by atomic mass is 9.96. The van der Waals surface area contributed by atoms with Crippen molar-refractivity contribution in [3.05, 3.63) is 71.8 Å². The molecule has 134 valence electrons. The Morgan fingerprint density at radius 2 is 1.85 bits per heavy atom. The zero-order valence-electron chi connectivity index (χ0n) is 15.8. The second-order valence-corrected chi connectivity index (χ2v) is 6.06. The predicted molar refractivity (Wildman–Crippen MR) is 107 cm³/mol. The molecule has 0 amide bonds. The molecule has 0 unspecified atom stereocenters. The van der Waals surface area contributed by atoms with Crippen LogP contribution in [-0.4, -0.2) is 34.3 Å². The molecule has 0 heterocycles. The minimum absolute atomic E-state index is 0.00328. The zero-order chi connectivity index (χ0) is 20.2. The molecule has 0 aromatic carbocycles. The summed E-state index contributed by atoms with van der Waals surface area (Å²) in [5.41, 5.74) is 2.57. The molecule has 1 N–H and O–H groups in total. The number of carbonyl (C=O) groups excluding carboxylic acids is 2. The number of hydrogen-bond acceptors (Lipinski definition) is 4. The Morgan fingerprint density at radius 1 is 1.27 bits per heavy atom. The molecule has 0 aromatic heterocycles. The van der Waals surface area contributed by atoms with Gasteiger partial charge in [0.2, 0.25) is 11.5 Å². The predicted octanol–water partition coefficient (Wildman–Crippen LogP) is 3.71. The summed E-state index contributed by atoms with van der Waals surface area (Å²) in [4.78, 5) is 29.8. The van der Waals surface area contributed by atoms with Crippen molar-refractivity contribution >= 4 is 29.7 Å². The Bertz CT molecular complexity index is 890. The third-order valence-corrected chi connectivity index (χ3v) is 3.65. The maximum Gasteiger partial charge on any atom is 0.227 e. The minimum atomic E-state index is -0.478. The van der Waals surface area contributed by atoms with Gasteiger partial charge in [0.25, 0.3) is 0 Å². The van der Waals surface area contributed by atoms with E-state index in [1.807, 2.05) is 0 Å². The molecule has 5 nitrogen and oxygen atoms in total. The lowest BCUT2D eigenvalue weighted by Gasteiger charge is -2.08. The van der Waals surface area contributed by atoms with E-state index in [2.05, 4.69) is 31.4 Å². The first-order valence-electron chi connectivity index (χ1n) is 7.92. The van der Waals surface area contributed by atoms with Crippen LogP contribution in [0.3, 0.4) is 0 Å². The maximum atomic E-state index is 13.2. The molecular weight excluding hydrogens is 326 g/mol. The van der Waals surface area contributed by atoms with Gasteiger partial charge in [-0.15, -0.1) is 0 Å². The number of rotatable bonds is 6. The molecule has 0 atom stereocenters. The van der Waals surface area contributed by atoms with Crippen LogP contribution in [0.1, 0.15) is 27.7 Å². The summed E-state index contributed by atoms with van der Waals surface area (Å²) in [6, 6.07) is 0. The molecule has 26 heavy (non-hydrogen) atoms. The third kappa shape index (κ3) is 4.45. The Kier molecular flexibility index (Phi) is 6.61. The highest BCUT2D eigenvalue weighted by atomic mass is 16.1. The molecule has 0 saturated heterocycles. The molecule has 0 radical (unpaired) electrons. The fourth-order valence-electron chi connectivity index (χ4n) is 2.40. The van der Waals surface area contributed by atoms with Gasteiger partial charge in [-0.05, 0) is 46.4 Å². The van der Waals surface area contributed by atoms with E-state index in [-0.39, 0.29) is 28.3 Å². The van der Waals surface area contributed by atoms with Crippen molar-refractivity contribution in [1.29, 1.82) is 5.41 Å². The van der Waals surface area contributed by atoms with Gasteiger partial charge >= 0.3 is 0 Å². The smallest absolute Gasteiger partial charge is 0.227 e. The lowest BCUT2D eigenvalue weighted by Crippen LogP contribution is -2.20. The second kappa shape index (κ2) is 8.25. The van der Waals surface area contributed by atoms with Crippen LogP contribution in [0, 0.1) is 5.41 Å². The fourth-order valence-corrected chi connectivity index (χ4v) is 2.40. The first-order chi connectivity index (χ1) is 12.0. The van der Waals surface area contributed by atoms with E-state index in [1.54, 1.807) is 32.9 Å². The number of nitrogens with zero attached hydrogens (tertiary/aromatic N) is 2. The monoisotopic (exact) mass is 350 g/mol.